The summed E-state index contributed by atoms with van der Waals surface area (Å²) in [6.07, 6.45) is 4.16. The highest BCUT2D eigenvalue weighted by molar-refractivity contribution is 5.93. The third-order valence-electron chi connectivity index (χ3n) is 4.40. The third kappa shape index (κ3) is 4.45. The molecule has 26 heavy (non-hydrogen) atoms. The van der Waals surface area contributed by atoms with Gasteiger partial charge in [-0.3, -0.25) is 9.59 Å². The van der Waals surface area contributed by atoms with Gasteiger partial charge in [-0.25, -0.2) is 9.67 Å². The largest absolute Gasteiger partial charge is 0.374 e. The Hall–Kier alpha value is -2.74. The molecule has 0 bridgehead atoms. The summed E-state index contributed by atoms with van der Waals surface area (Å²) in [7, 11) is 1.64. The van der Waals surface area contributed by atoms with E-state index in [1.165, 1.54) is 11.6 Å². The van der Waals surface area contributed by atoms with Gasteiger partial charge in [0.1, 0.15) is 5.82 Å². The average molecular weight is 357 g/mol. The van der Waals surface area contributed by atoms with Crippen LogP contribution in [0.15, 0.2) is 35.4 Å². The number of nitrogens with zero attached hydrogens (tertiary/aromatic N) is 4. The maximum Gasteiger partial charge on any atom is 0.268 e. The smallest absolute Gasteiger partial charge is 0.268 e. The molecule has 3 rings (SSSR count). The van der Waals surface area contributed by atoms with Gasteiger partial charge in [-0.15, -0.1) is 0 Å². The monoisotopic (exact) mass is 357 g/mol. The number of carbonyl (C=O) groups is 1. The molecule has 138 valence electrons. The Kier molecular flexibility index (Phi) is 5.62. The molecule has 1 fully saturated rings. The number of nitrogens with one attached hydrogen (secondary N) is 1. The van der Waals surface area contributed by atoms with Crippen LogP contribution < -0.4 is 15.8 Å². The highest BCUT2D eigenvalue weighted by Gasteiger charge is 2.21. The summed E-state index contributed by atoms with van der Waals surface area (Å²) < 4.78 is 7.14. The molecule has 1 N–H and O–H groups in total. The first-order chi connectivity index (χ1) is 12.5. The molecule has 0 unspecified atom stereocenters. The van der Waals surface area contributed by atoms with E-state index in [0.29, 0.717) is 25.3 Å². The lowest BCUT2D eigenvalue weighted by Crippen LogP contribution is -2.43. The number of hydrogen-bond donors (Lipinski definition) is 1. The van der Waals surface area contributed by atoms with E-state index in [2.05, 4.69) is 20.3 Å². The lowest BCUT2D eigenvalue weighted by molar-refractivity contribution is 0.0374. The van der Waals surface area contributed by atoms with Gasteiger partial charge < -0.3 is 15.0 Å². The van der Waals surface area contributed by atoms with Gasteiger partial charge in [-0.05, 0) is 25.5 Å². The number of Topliss-reactive ketones (excluding diaryl/α,β-unsaturated/α-hetero) is 1. The number of pyridine rings is 1. The van der Waals surface area contributed by atoms with E-state index < -0.39 is 0 Å². The van der Waals surface area contributed by atoms with Crippen LogP contribution in [0.3, 0.4) is 0 Å². The second kappa shape index (κ2) is 8.09. The van der Waals surface area contributed by atoms with Gasteiger partial charge in [-0.1, -0.05) is 0 Å². The summed E-state index contributed by atoms with van der Waals surface area (Å²) in [5.74, 6) is 0.739. The van der Waals surface area contributed by atoms with Crippen LogP contribution in [0.25, 0.3) is 0 Å². The Morgan fingerprint density at radius 1 is 1.38 bits per heavy atom. The van der Waals surface area contributed by atoms with Gasteiger partial charge >= 0.3 is 0 Å². The Balaban J connectivity index is 1.51. The van der Waals surface area contributed by atoms with Gasteiger partial charge in [-0.2, -0.15) is 5.10 Å². The van der Waals surface area contributed by atoms with Crippen LogP contribution in [0, 0.1) is 0 Å². The second-order valence-electron chi connectivity index (χ2n) is 6.32. The Morgan fingerprint density at radius 2 is 2.23 bits per heavy atom. The van der Waals surface area contributed by atoms with Crippen molar-refractivity contribution in [3.8, 4) is 0 Å². The van der Waals surface area contributed by atoms with Crippen molar-refractivity contribution in [2.24, 2.45) is 7.05 Å². The Morgan fingerprint density at radius 3 is 2.92 bits per heavy atom. The van der Waals surface area contributed by atoms with Gasteiger partial charge in [0.25, 0.3) is 5.56 Å². The molecule has 0 saturated carbocycles. The normalized spacial score (nSPS) is 17.2. The average Bonchev–Trinajstić information content (AvgIpc) is 2.65. The minimum Gasteiger partial charge on any atom is -0.374 e. The lowest BCUT2D eigenvalue weighted by Gasteiger charge is -2.34. The van der Waals surface area contributed by atoms with Crippen molar-refractivity contribution in [2.75, 3.05) is 36.5 Å². The standard InChI is InChI=1S/C18H23N5O3/c1-13(24)14-3-4-17(20-10-14)19-6-5-16-12-23(7-8-26-16)15-9-18(25)22(2)21-11-15/h3-4,9-11,16H,5-8,12H2,1-2H3,(H,19,20)/t16-/m1/s1. The number of hydrogen-bond acceptors (Lipinski definition) is 7. The van der Waals surface area contributed by atoms with Crippen molar-refractivity contribution in [3.05, 3.63) is 46.5 Å². The van der Waals surface area contributed by atoms with Crippen LogP contribution in [0.1, 0.15) is 23.7 Å². The van der Waals surface area contributed by atoms with Crippen LogP contribution in [0.5, 0.6) is 0 Å². The predicted octanol–water partition coefficient (Wildman–Crippen LogP) is 1.09. The molecule has 2 aromatic rings. The van der Waals surface area contributed by atoms with Gasteiger partial charge in [0.15, 0.2) is 5.78 Å². The summed E-state index contributed by atoms with van der Waals surface area (Å²) >= 11 is 0. The zero-order valence-electron chi connectivity index (χ0n) is 15.0. The van der Waals surface area contributed by atoms with Crippen LogP contribution in [-0.4, -0.2) is 52.9 Å². The van der Waals surface area contributed by atoms with Crippen molar-refractivity contribution >= 4 is 17.3 Å². The minimum atomic E-state index is -0.118. The van der Waals surface area contributed by atoms with E-state index in [-0.39, 0.29) is 17.4 Å². The van der Waals surface area contributed by atoms with E-state index in [1.807, 2.05) is 0 Å². The van der Waals surface area contributed by atoms with Crippen molar-refractivity contribution in [1.29, 1.82) is 0 Å². The molecule has 1 atom stereocenters. The minimum absolute atomic E-state index is 0.00461. The number of ether oxygens (including phenoxy) is 1. The molecule has 1 aliphatic rings. The number of anilines is 2. The van der Waals surface area contributed by atoms with E-state index >= 15 is 0 Å². The molecule has 0 amide bonds. The molecule has 2 aromatic heterocycles. The molecule has 0 aliphatic carbocycles. The molecule has 1 aliphatic heterocycles. The van der Waals surface area contributed by atoms with Gasteiger partial charge in [0.2, 0.25) is 0 Å². The summed E-state index contributed by atoms with van der Waals surface area (Å²) in [5, 5.41) is 7.32. The van der Waals surface area contributed by atoms with Gasteiger partial charge in [0, 0.05) is 44.5 Å². The quantitative estimate of drug-likeness (QED) is 0.774. The fraction of sp³-hybridized carbons (Fsp3) is 0.444. The first kappa shape index (κ1) is 18.1. The molecule has 0 aromatic carbocycles. The summed E-state index contributed by atoms with van der Waals surface area (Å²) in [6, 6.07) is 5.17. The number of carbonyl (C=O) groups excluding carboxylic acids is 1. The second-order valence-corrected chi connectivity index (χ2v) is 6.32. The lowest BCUT2D eigenvalue weighted by atomic mass is 10.2. The van der Waals surface area contributed by atoms with Crippen LogP contribution >= 0.6 is 0 Å². The Bertz CT molecular complexity index is 818. The maximum absolute atomic E-state index is 11.8. The fourth-order valence-corrected chi connectivity index (χ4v) is 2.83. The first-order valence-electron chi connectivity index (χ1n) is 8.63. The van der Waals surface area contributed by atoms with Crippen molar-refractivity contribution < 1.29 is 9.53 Å². The molecule has 0 radical (unpaired) electrons. The van der Waals surface area contributed by atoms with Crippen molar-refractivity contribution in [3.63, 3.8) is 0 Å². The molecular formula is C18H23N5O3. The number of rotatable bonds is 6. The molecule has 0 spiro atoms. The van der Waals surface area contributed by atoms with E-state index in [9.17, 15) is 9.59 Å². The van der Waals surface area contributed by atoms with E-state index in [1.54, 1.807) is 37.6 Å². The van der Waals surface area contributed by atoms with Crippen LogP contribution in [0.2, 0.25) is 0 Å². The molecular weight excluding hydrogens is 334 g/mol. The van der Waals surface area contributed by atoms with Crippen molar-refractivity contribution in [2.45, 2.75) is 19.4 Å². The number of ketones is 1. The molecule has 3 heterocycles. The third-order valence-corrected chi connectivity index (χ3v) is 4.40. The van der Waals surface area contributed by atoms with E-state index in [0.717, 1.165) is 24.5 Å². The fourth-order valence-electron chi connectivity index (χ4n) is 2.83. The zero-order valence-corrected chi connectivity index (χ0v) is 15.0. The number of aryl methyl sites for hydroxylation is 1. The highest BCUT2D eigenvalue weighted by Crippen LogP contribution is 2.16. The molecule has 8 nitrogen and oxygen atoms in total. The SMILES string of the molecule is CC(=O)c1ccc(NCC[C@@H]2CN(c3cnn(C)c(=O)c3)CCO2)nc1. The van der Waals surface area contributed by atoms with Crippen molar-refractivity contribution in [1.82, 2.24) is 14.8 Å². The van der Waals surface area contributed by atoms with Gasteiger partial charge in [0.05, 0.1) is 24.6 Å². The first-order valence-corrected chi connectivity index (χ1v) is 8.63. The summed E-state index contributed by atoms with van der Waals surface area (Å²) in [4.78, 5) is 29.4. The highest BCUT2D eigenvalue weighted by atomic mass is 16.5. The zero-order chi connectivity index (χ0) is 18.5. The van der Waals surface area contributed by atoms with Crippen LogP contribution in [0.4, 0.5) is 11.5 Å². The topological polar surface area (TPSA) is 89.4 Å². The molecule has 8 heteroatoms. The number of aromatic nitrogens is 3. The van der Waals surface area contributed by atoms with E-state index in [4.69, 9.17) is 4.74 Å². The maximum atomic E-state index is 11.8. The predicted molar refractivity (Wildman–Crippen MR) is 98.8 cm³/mol. The van der Waals surface area contributed by atoms with Crippen LogP contribution in [-0.2, 0) is 11.8 Å². The number of morpholine rings is 1. The Labute approximate surface area is 151 Å². The summed E-state index contributed by atoms with van der Waals surface area (Å²) in [5.41, 5.74) is 1.31. The molecule has 1 saturated heterocycles. The summed E-state index contributed by atoms with van der Waals surface area (Å²) in [6.45, 7) is 4.31.